The summed E-state index contributed by atoms with van der Waals surface area (Å²) in [6.07, 6.45) is 1.43. The van der Waals surface area contributed by atoms with E-state index >= 15 is 0 Å². The van der Waals surface area contributed by atoms with E-state index in [1.54, 1.807) is 18.2 Å². The summed E-state index contributed by atoms with van der Waals surface area (Å²) in [4.78, 5) is 4.35. The topological polar surface area (TPSA) is 120 Å². The fourth-order valence-corrected chi connectivity index (χ4v) is 5.26. The second-order valence-corrected chi connectivity index (χ2v) is 11.7. The molecule has 0 aliphatic carbocycles. The summed E-state index contributed by atoms with van der Waals surface area (Å²) >= 11 is 5.35. The predicted octanol–water partition coefficient (Wildman–Crippen LogP) is 2.52. The molecule has 1 heterocycles. The van der Waals surface area contributed by atoms with Gasteiger partial charge < -0.3 is 10.6 Å². The summed E-state index contributed by atoms with van der Waals surface area (Å²) in [5.74, 6) is 0.462. The molecule has 9 nitrogen and oxygen atoms in total. The highest BCUT2D eigenvalue weighted by Gasteiger charge is 2.20. The van der Waals surface area contributed by atoms with Crippen molar-refractivity contribution in [2.75, 3.05) is 31.3 Å². The van der Waals surface area contributed by atoms with Crippen LogP contribution in [-0.2, 0) is 20.0 Å². The smallest absolute Gasteiger partial charge is 0.262 e. The van der Waals surface area contributed by atoms with E-state index in [4.69, 9.17) is 12.2 Å². The normalized spacial score (nSPS) is 14.2. The summed E-state index contributed by atoms with van der Waals surface area (Å²) in [5.41, 5.74) is 1.79. The molecule has 172 valence electrons. The van der Waals surface area contributed by atoms with Crippen molar-refractivity contribution >= 4 is 54.6 Å². The van der Waals surface area contributed by atoms with Crippen LogP contribution in [0.4, 0.5) is 11.4 Å². The first-order valence-corrected chi connectivity index (χ1v) is 13.1. The summed E-state index contributed by atoms with van der Waals surface area (Å²) in [5, 5.41) is 6.11. The van der Waals surface area contributed by atoms with Crippen molar-refractivity contribution < 1.29 is 16.8 Å². The van der Waals surface area contributed by atoms with Crippen molar-refractivity contribution in [3.8, 4) is 0 Å². The number of aliphatic imine (C=N–C) groups is 1. The van der Waals surface area contributed by atoms with Crippen molar-refractivity contribution in [2.45, 2.75) is 29.6 Å². The standard InChI is InChI=1S/C20H25N5O4S3/c1-14-9-10-17(32(28,29)25(2)3)13-18(14)23-20(30)22-15-6-4-7-16(12-15)31(26,27)24-19-8-5-11-21-19/h4,6-7,9-10,12-13H,5,8,11H2,1-3H3,(H,21,24)(H2,22,23,30). The molecule has 2 aromatic carbocycles. The van der Waals surface area contributed by atoms with Crippen LogP contribution in [0.15, 0.2) is 57.2 Å². The molecule has 0 atom stereocenters. The molecule has 0 saturated heterocycles. The van der Waals surface area contributed by atoms with Gasteiger partial charge in [0.25, 0.3) is 10.0 Å². The molecular weight excluding hydrogens is 470 g/mol. The molecule has 32 heavy (non-hydrogen) atoms. The zero-order valence-electron chi connectivity index (χ0n) is 17.9. The summed E-state index contributed by atoms with van der Waals surface area (Å²) in [6, 6.07) is 11.0. The van der Waals surface area contributed by atoms with Crippen LogP contribution >= 0.6 is 12.2 Å². The fraction of sp³-hybridized carbons (Fsp3) is 0.300. The second kappa shape index (κ2) is 9.53. The number of rotatable bonds is 6. The number of hydrogen-bond acceptors (Lipinski definition) is 6. The fourth-order valence-electron chi connectivity index (χ4n) is 2.97. The number of nitrogens with one attached hydrogen (secondary N) is 3. The maximum atomic E-state index is 12.6. The molecular formula is C20H25N5O4S3. The number of nitrogens with zero attached hydrogens (tertiary/aromatic N) is 2. The van der Waals surface area contributed by atoms with Gasteiger partial charge in [-0.05, 0) is 61.5 Å². The van der Waals surface area contributed by atoms with Crippen LogP contribution in [0, 0.1) is 6.92 Å². The van der Waals surface area contributed by atoms with Crippen LogP contribution in [-0.4, -0.2) is 52.7 Å². The molecule has 12 heteroatoms. The molecule has 0 spiro atoms. The molecule has 0 amide bonds. The van der Waals surface area contributed by atoms with Gasteiger partial charge in [0.1, 0.15) is 5.84 Å². The SMILES string of the molecule is Cc1ccc(S(=O)(=O)N(C)C)cc1NC(=S)Nc1cccc(S(=O)(=O)NC2=NCCC2)c1. The molecule has 0 fully saturated rings. The molecule has 0 unspecified atom stereocenters. The van der Waals surface area contributed by atoms with Crippen LogP contribution < -0.4 is 15.4 Å². The van der Waals surface area contributed by atoms with Crippen LogP contribution in [0.1, 0.15) is 18.4 Å². The number of sulfonamides is 2. The average molecular weight is 496 g/mol. The third-order valence-electron chi connectivity index (χ3n) is 4.76. The van der Waals surface area contributed by atoms with Gasteiger partial charge in [0, 0.05) is 38.4 Å². The van der Waals surface area contributed by atoms with Crippen molar-refractivity contribution in [3.63, 3.8) is 0 Å². The van der Waals surface area contributed by atoms with E-state index in [0.29, 0.717) is 30.2 Å². The first kappa shape index (κ1) is 24.1. The summed E-state index contributed by atoms with van der Waals surface area (Å²) in [6.45, 7) is 2.44. The minimum atomic E-state index is -3.75. The van der Waals surface area contributed by atoms with E-state index in [-0.39, 0.29) is 14.9 Å². The van der Waals surface area contributed by atoms with Gasteiger partial charge in [0.05, 0.1) is 9.79 Å². The Morgan fingerprint density at radius 2 is 1.78 bits per heavy atom. The highest BCUT2D eigenvalue weighted by Crippen LogP contribution is 2.23. The Morgan fingerprint density at radius 1 is 1.03 bits per heavy atom. The molecule has 0 bridgehead atoms. The van der Waals surface area contributed by atoms with E-state index in [1.807, 2.05) is 6.92 Å². The molecule has 0 aromatic heterocycles. The van der Waals surface area contributed by atoms with Crippen molar-refractivity contribution in [1.82, 2.24) is 9.03 Å². The quantitative estimate of drug-likeness (QED) is 0.527. The van der Waals surface area contributed by atoms with Crippen LogP contribution in [0.5, 0.6) is 0 Å². The number of aryl methyl sites for hydroxylation is 1. The van der Waals surface area contributed by atoms with Crippen LogP contribution in [0.25, 0.3) is 0 Å². The number of hydrogen-bond donors (Lipinski definition) is 3. The lowest BCUT2D eigenvalue weighted by Crippen LogP contribution is -2.29. The third kappa shape index (κ3) is 5.63. The lowest BCUT2D eigenvalue weighted by Gasteiger charge is -2.16. The van der Waals surface area contributed by atoms with Gasteiger partial charge in [-0.2, -0.15) is 0 Å². The molecule has 2 aromatic rings. The molecule has 3 rings (SSSR count). The molecule has 1 aliphatic heterocycles. The largest absolute Gasteiger partial charge is 0.332 e. The first-order chi connectivity index (χ1) is 15.0. The summed E-state index contributed by atoms with van der Waals surface area (Å²) in [7, 11) is -4.43. The maximum absolute atomic E-state index is 12.6. The first-order valence-electron chi connectivity index (χ1n) is 9.76. The Hall–Kier alpha value is -2.54. The Balaban J connectivity index is 1.75. The van der Waals surface area contributed by atoms with E-state index in [1.165, 1.54) is 38.4 Å². The molecule has 3 N–H and O–H groups in total. The van der Waals surface area contributed by atoms with Gasteiger partial charge in [-0.15, -0.1) is 0 Å². The van der Waals surface area contributed by atoms with Crippen molar-refractivity contribution in [1.29, 1.82) is 0 Å². The van der Waals surface area contributed by atoms with Crippen molar-refractivity contribution in [2.24, 2.45) is 4.99 Å². The second-order valence-electron chi connectivity index (χ2n) is 7.41. The van der Waals surface area contributed by atoms with Crippen LogP contribution in [0.3, 0.4) is 0 Å². The van der Waals surface area contributed by atoms with E-state index in [0.717, 1.165) is 16.3 Å². The highest BCUT2D eigenvalue weighted by atomic mass is 32.2. The van der Waals surface area contributed by atoms with E-state index in [2.05, 4.69) is 20.3 Å². The van der Waals surface area contributed by atoms with Gasteiger partial charge in [-0.25, -0.2) is 21.1 Å². The third-order valence-corrected chi connectivity index (χ3v) is 8.16. The number of anilines is 2. The Morgan fingerprint density at radius 3 is 2.44 bits per heavy atom. The number of thiocarbonyl (C=S) groups is 1. The van der Waals surface area contributed by atoms with Gasteiger partial charge in [-0.1, -0.05) is 12.1 Å². The van der Waals surface area contributed by atoms with E-state index < -0.39 is 20.0 Å². The van der Waals surface area contributed by atoms with Gasteiger partial charge in [0.15, 0.2) is 5.11 Å². The zero-order valence-corrected chi connectivity index (χ0v) is 20.4. The lowest BCUT2D eigenvalue weighted by atomic mass is 10.2. The number of benzene rings is 2. The molecule has 0 radical (unpaired) electrons. The molecule has 0 saturated carbocycles. The molecule has 1 aliphatic rings. The summed E-state index contributed by atoms with van der Waals surface area (Å²) < 4.78 is 53.7. The van der Waals surface area contributed by atoms with Crippen LogP contribution in [0.2, 0.25) is 0 Å². The van der Waals surface area contributed by atoms with Crippen molar-refractivity contribution in [3.05, 3.63) is 48.0 Å². The predicted molar refractivity (Wildman–Crippen MR) is 130 cm³/mol. The minimum absolute atomic E-state index is 0.0788. The Kier molecular flexibility index (Phi) is 7.18. The number of amidine groups is 1. The minimum Gasteiger partial charge on any atom is -0.332 e. The maximum Gasteiger partial charge on any atom is 0.262 e. The monoisotopic (exact) mass is 495 g/mol. The van der Waals surface area contributed by atoms with Gasteiger partial charge in [0.2, 0.25) is 10.0 Å². The van der Waals surface area contributed by atoms with Gasteiger partial charge >= 0.3 is 0 Å². The van der Waals surface area contributed by atoms with Gasteiger partial charge in [-0.3, -0.25) is 9.71 Å². The highest BCUT2D eigenvalue weighted by molar-refractivity contribution is 7.90. The zero-order chi connectivity index (χ0) is 23.5. The van der Waals surface area contributed by atoms with E-state index in [9.17, 15) is 16.8 Å². The lowest BCUT2D eigenvalue weighted by molar-refractivity contribution is 0.521. The average Bonchev–Trinajstić information content (AvgIpc) is 3.22. The Bertz CT molecular complexity index is 1270. The Labute approximate surface area is 194 Å².